The predicted molar refractivity (Wildman–Crippen MR) is 284 cm³/mol. The average molecular weight is 994 g/mol. The minimum absolute atomic E-state index is 0.0253. The van der Waals surface area contributed by atoms with Crippen molar-refractivity contribution in [3.8, 4) is 0 Å². The lowest BCUT2D eigenvalue weighted by atomic mass is 9.62. The van der Waals surface area contributed by atoms with Gasteiger partial charge in [0.25, 0.3) is 0 Å². The van der Waals surface area contributed by atoms with Crippen molar-refractivity contribution in [3.63, 3.8) is 0 Å². The molecule has 0 aliphatic heterocycles. The van der Waals surface area contributed by atoms with Crippen molar-refractivity contribution >= 4 is 28.4 Å². The Morgan fingerprint density at radius 1 is 0.426 bits per heavy atom. The molecular formula is C60H103F3O3S2. The van der Waals surface area contributed by atoms with Gasteiger partial charge in [-0.1, -0.05) is 110 Å². The van der Waals surface area contributed by atoms with Crippen LogP contribution in [0.25, 0.3) is 0 Å². The average Bonchev–Trinajstić information content (AvgIpc) is 3.34. The van der Waals surface area contributed by atoms with Crippen LogP contribution in [0.2, 0.25) is 0 Å². The highest BCUT2D eigenvalue weighted by atomic mass is 32.2. The van der Waals surface area contributed by atoms with E-state index in [0.717, 1.165) is 107 Å². The molecule has 3 nitrogen and oxygen atoms in total. The van der Waals surface area contributed by atoms with Crippen LogP contribution in [-0.2, 0) is 9.47 Å². The molecule has 0 bridgehead atoms. The van der Waals surface area contributed by atoms with Gasteiger partial charge in [-0.15, -0.1) is 13.2 Å². The molecule has 9 aliphatic rings. The molecule has 1 N–H and O–H groups in total. The minimum Gasteiger partial charge on any atom is -0.475 e. The molecule has 68 heavy (non-hydrogen) atoms. The van der Waals surface area contributed by atoms with Crippen molar-refractivity contribution in [1.82, 2.24) is 0 Å². The highest BCUT2D eigenvalue weighted by Gasteiger charge is 2.44. The first-order valence-electron chi connectivity index (χ1n) is 30.1. The van der Waals surface area contributed by atoms with Crippen LogP contribution >= 0.6 is 24.0 Å². The van der Waals surface area contributed by atoms with Crippen molar-refractivity contribution in [2.75, 3.05) is 6.26 Å². The first-order valence-corrected chi connectivity index (χ1v) is 31.7. The van der Waals surface area contributed by atoms with Gasteiger partial charge in [0.1, 0.15) is 6.10 Å². The van der Waals surface area contributed by atoms with Crippen LogP contribution < -0.4 is 0 Å². The topological polar surface area (TPSA) is 38.7 Å². The number of aliphatic hydroxyl groups is 1. The molecule has 9 aliphatic carbocycles. The summed E-state index contributed by atoms with van der Waals surface area (Å²) in [6, 6.07) is 0. The summed E-state index contributed by atoms with van der Waals surface area (Å²) in [5, 5.41) is 9.84. The Kier molecular flexibility index (Phi) is 22.9. The molecule has 0 heterocycles. The SMILES string of the molecule is CCCC1CCC(C2CCC3CC(O)CCC3C2)CC1.CCCC1CCC(C2CCC3CC(OC(=S)SC)CCC3C2)CC1.CCCC1CCC(C2CCC3CC(OC(F)(F)F)CCC3C2)CC1. The first kappa shape index (κ1) is 55.7. The molecule has 12 unspecified atom stereocenters. The Morgan fingerprint density at radius 2 is 0.721 bits per heavy atom. The minimum atomic E-state index is -4.47. The zero-order chi connectivity index (χ0) is 48.0. The molecule has 8 heteroatoms. The number of aliphatic hydroxyl groups excluding tert-OH is 1. The van der Waals surface area contributed by atoms with Gasteiger partial charge in [0.05, 0.1) is 12.2 Å². The van der Waals surface area contributed by atoms with E-state index < -0.39 is 12.5 Å². The molecule has 0 radical (unpaired) electrons. The Hall–Kier alpha value is -0.0500. The number of fused-ring (bicyclic) bond motifs is 3. The highest BCUT2D eigenvalue weighted by molar-refractivity contribution is 8.22. The van der Waals surface area contributed by atoms with E-state index in [4.69, 9.17) is 17.0 Å². The molecule has 0 spiro atoms. The third kappa shape index (κ3) is 17.0. The fourth-order valence-electron chi connectivity index (χ4n) is 17.6. The van der Waals surface area contributed by atoms with Gasteiger partial charge in [-0.3, -0.25) is 4.74 Å². The van der Waals surface area contributed by atoms with E-state index in [1.807, 2.05) is 6.26 Å². The van der Waals surface area contributed by atoms with Crippen LogP contribution in [0.5, 0.6) is 0 Å². The van der Waals surface area contributed by atoms with Crippen molar-refractivity contribution in [2.24, 2.45) is 88.8 Å². The normalized spacial score (nSPS) is 42.1. The lowest BCUT2D eigenvalue weighted by Crippen LogP contribution is -2.38. The van der Waals surface area contributed by atoms with Crippen LogP contribution in [0.15, 0.2) is 0 Å². The van der Waals surface area contributed by atoms with Crippen LogP contribution in [0.1, 0.15) is 252 Å². The molecule has 12 atom stereocenters. The Balaban J connectivity index is 0.000000152. The van der Waals surface area contributed by atoms with E-state index in [-0.39, 0.29) is 6.10 Å². The Labute approximate surface area is 425 Å². The van der Waals surface area contributed by atoms with Gasteiger partial charge in [0, 0.05) is 0 Å². The molecule has 0 aromatic rings. The van der Waals surface area contributed by atoms with Crippen molar-refractivity contribution in [2.45, 2.75) is 277 Å². The summed E-state index contributed by atoms with van der Waals surface area (Å²) in [6.07, 6.45) is 45.6. The summed E-state index contributed by atoms with van der Waals surface area (Å²) in [7, 11) is 0. The summed E-state index contributed by atoms with van der Waals surface area (Å²) < 4.78 is 48.3. The molecule has 0 aromatic carbocycles. The summed E-state index contributed by atoms with van der Waals surface area (Å²) in [5.41, 5.74) is 0. The Bertz CT molecular complexity index is 1420. The van der Waals surface area contributed by atoms with Gasteiger partial charge < -0.3 is 9.84 Å². The molecule has 9 saturated carbocycles. The number of alkyl halides is 3. The molecular weight excluding hydrogens is 890 g/mol. The molecule has 0 aromatic heterocycles. The number of ether oxygens (including phenoxy) is 2. The highest BCUT2D eigenvalue weighted by Crippen LogP contribution is 2.52. The van der Waals surface area contributed by atoms with Crippen molar-refractivity contribution in [3.05, 3.63) is 0 Å². The van der Waals surface area contributed by atoms with E-state index in [1.54, 1.807) is 11.8 Å². The maximum Gasteiger partial charge on any atom is 0.522 e. The maximum absolute atomic E-state index is 12.4. The summed E-state index contributed by atoms with van der Waals surface area (Å²) >= 11 is 6.84. The zero-order valence-electron chi connectivity index (χ0n) is 44.1. The first-order chi connectivity index (χ1) is 32.9. The third-order valence-corrected chi connectivity index (χ3v) is 22.4. The van der Waals surface area contributed by atoms with E-state index in [9.17, 15) is 18.3 Å². The van der Waals surface area contributed by atoms with Gasteiger partial charge in [-0.05, 0) is 261 Å². The summed E-state index contributed by atoms with van der Waals surface area (Å²) in [6.45, 7) is 6.97. The standard InChI is InChI=1S/C21H36OS2.C20H33F3O.C19H34O/c1-3-4-15-5-7-16(8-6-15)17-9-10-19-14-20(22-21(23)24-2)12-11-18(19)13-17;1-2-3-14-4-6-15(7-5-14)16-8-9-18-13-19(24-20(21,22)23)11-10-17(18)12-16;1-2-3-14-4-6-15(7-5-14)16-8-9-18-13-19(20)11-10-17(18)12-16/h15-20H,3-14H2,1-2H3;14-19H,2-13H2,1H3;14-20H,2-13H2,1H3. The van der Waals surface area contributed by atoms with E-state index >= 15 is 0 Å². The lowest BCUT2D eigenvalue weighted by molar-refractivity contribution is -0.347. The number of hydrogen-bond acceptors (Lipinski definition) is 5. The van der Waals surface area contributed by atoms with Gasteiger partial charge in [-0.2, -0.15) is 0 Å². The smallest absolute Gasteiger partial charge is 0.475 e. The predicted octanol–water partition coefficient (Wildman–Crippen LogP) is 18.7. The van der Waals surface area contributed by atoms with E-state index in [0.29, 0.717) is 30.8 Å². The number of thiocarbonyl (C=S) groups is 1. The van der Waals surface area contributed by atoms with Gasteiger partial charge in [0.15, 0.2) is 0 Å². The van der Waals surface area contributed by atoms with Crippen LogP contribution in [-0.4, -0.2) is 40.4 Å². The number of thioether (sulfide) groups is 1. The molecule has 9 fully saturated rings. The van der Waals surface area contributed by atoms with Crippen LogP contribution in [0.4, 0.5) is 13.2 Å². The zero-order valence-corrected chi connectivity index (χ0v) is 45.7. The van der Waals surface area contributed by atoms with Crippen LogP contribution in [0, 0.1) is 88.8 Å². The van der Waals surface area contributed by atoms with Crippen molar-refractivity contribution in [1.29, 1.82) is 0 Å². The van der Waals surface area contributed by atoms with E-state index in [2.05, 4.69) is 25.5 Å². The van der Waals surface area contributed by atoms with Gasteiger partial charge >= 0.3 is 6.36 Å². The summed E-state index contributed by atoms with van der Waals surface area (Å²) in [4.78, 5) is 0. The number of rotatable bonds is 11. The number of halogens is 3. The quantitative estimate of drug-likeness (QED) is 0.209. The second kappa shape index (κ2) is 28.0. The largest absolute Gasteiger partial charge is 0.522 e. The second-order valence-electron chi connectivity index (χ2n) is 25.5. The Morgan fingerprint density at radius 3 is 1.09 bits per heavy atom. The fraction of sp³-hybridized carbons (Fsp3) is 0.983. The van der Waals surface area contributed by atoms with Crippen LogP contribution in [0.3, 0.4) is 0 Å². The van der Waals surface area contributed by atoms with Gasteiger partial charge in [0.2, 0.25) is 4.38 Å². The van der Waals surface area contributed by atoms with Crippen molar-refractivity contribution < 1.29 is 27.8 Å². The second-order valence-corrected chi connectivity index (χ2v) is 26.9. The van der Waals surface area contributed by atoms with E-state index in [1.165, 1.54) is 193 Å². The monoisotopic (exact) mass is 993 g/mol. The third-order valence-electron chi connectivity index (χ3n) is 21.3. The molecule has 394 valence electrons. The maximum atomic E-state index is 12.4. The lowest BCUT2D eigenvalue weighted by Gasteiger charge is -2.45. The molecule has 9 rings (SSSR count). The van der Waals surface area contributed by atoms with Gasteiger partial charge in [-0.25, -0.2) is 0 Å². The number of hydrogen-bond donors (Lipinski definition) is 1. The summed E-state index contributed by atoms with van der Waals surface area (Å²) in [5.74, 6) is 13.8. The fourth-order valence-corrected chi connectivity index (χ4v) is 18.0. The molecule has 0 amide bonds. The molecule has 0 saturated heterocycles.